The van der Waals surface area contributed by atoms with Crippen LogP contribution in [-0.4, -0.2) is 9.97 Å². The lowest BCUT2D eigenvalue weighted by Crippen LogP contribution is -2.05. The normalized spacial score (nSPS) is 10.3. The molecule has 0 aliphatic rings. The van der Waals surface area contributed by atoms with Crippen LogP contribution in [0.4, 0.5) is 17.3 Å². The lowest BCUT2D eigenvalue weighted by molar-refractivity contribution is 1.04. The zero-order valence-corrected chi connectivity index (χ0v) is 10.4. The van der Waals surface area contributed by atoms with E-state index >= 15 is 0 Å². The van der Waals surface area contributed by atoms with Gasteiger partial charge >= 0.3 is 0 Å². The molecule has 1 heterocycles. The van der Waals surface area contributed by atoms with Crippen LogP contribution in [0.3, 0.4) is 0 Å². The number of rotatable bonds is 2. The number of nitrogens with one attached hydrogen (secondary N) is 1. The summed E-state index contributed by atoms with van der Waals surface area (Å²) in [5.41, 5.74) is 7.41. The van der Waals surface area contributed by atoms with Crippen LogP contribution in [0.2, 0.25) is 5.02 Å². The minimum absolute atomic E-state index is 0.479. The summed E-state index contributed by atoms with van der Waals surface area (Å²) < 4.78 is 0. The number of hydrogen-bond acceptors (Lipinski definition) is 4. The third kappa shape index (κ3) is 2.47. The van der Waals surface area contributed by atoms with Crippen LogP contribution >= 0.6 is 11.6 Å². The fourth-order valence-corrected chi connectivity index (χ4v) is 1.64. The topological polar surface area (TPSA) is 63.8 Å². The van der Waals surface area contributed by atoms with Crippen LogP contribution in [0.1, 0.15) is 11.4 Å². The van der Waals surface area contributed by atoms with Gasteiger partial charge in [0.25, 0.3) is 0 Å². The third-order valence-corrected chi connectivity index (χ3v) is 2.75. The first-order chi connectivity index (χ1) is 8.08. The van der Waals surface area contributed by atoms with Gasteiger partial charge < -0.3 is 11.1 Å². The Morgan fingerprint density at radius 1 is 1.18 bits per heavy atom. The highest BCUT2D eigenvalue weighted by Crippen LogP contribution is 2.26. The van der Waals surface area contributed by atoms with Gasteiger partial charge in [0.1, 0.15) is 17.5 Å². The molecule has 0 atom stereocenters. The molecule has 2 rings (SSSR count). The quantitative estimate of drug-likeness (QED) is 0.857. The van der Waals surface area contributed by atoms with Gasteiger partial charge in [-0.3, -0.25) is 0 Å². The molecule has 0 radical (unpaired) electrons. The molecule has 0 spiro atoms. The number of nitrogens with zero attached hydrogens (tertiary/aromatic N) is 2. The van der Waals surface area contributed by atoms with Crippen molar-refractivity contribution in [1.82, 2.24) is 9.97 Å². The number of para-hydroxylation sites is 1. The predicted octanol–water partition coefficient (Wildman–Crippen LogP) is 3.07. The number of benzene rings is 1. The fourth-order valence-electron chi connectivity index (χ4n) is 1.46. The van der Waals surface area contributed by atoms with Gasteiger partial charge in [-0.25, -0.2) is 9.97 Å². The van der Waals surface area contributed by atoms with E-state index in [2.05, 4.69) is 15.3 Å². The van der Waals surface area contributed by atoms with Crippen LogP contribution in [0, 0.1) is 13.8 Å². The molecule has 5 heteroatoms. The molecule has 0 saturated carbocycles. The largest absolute Gasteiger partial charge is 0.383 e. The van der Waals surface area contributed by atoms with E-state index in [1.165, 1.54) is 0 Å². The molecule has 0 aliphatic carbocycles. The van der Waals surface area contributed by atoms with Gasteiger partial charge in [-0.2, -0.15) is 0 Å². The molecule has 3 N–H and O–H groups in total. The second kappa shape index (κ2) is 4.59. The van der Waals surface area contributed by atoms with Crippen molar-refractivity contribution in [1.29, 1.82) is 0 Å². The third-order valence-electron chi connectivity index (χ3n) is 2.42. The summed E-state index contributed by atoms with van der Waals surface area (Å²) in [5.74, 6) is 1.79. The van der Waals surface area contributed by atoms with Gasteiger partial charge in [-0.05, 0) is 26.0 Å². The van der Waals surface area contributed by atoms with Crippen molar-refractivity contribution in [3.05, 3.63) is 40.7 Å². The van der Waals surface area contributed by atoms with Crippen molar-refractivity contribution in [2.24, 2.45) is 0 Å². The molecule has 0 bridgehead atoms. The van der Waals surface area contributed by atoms with Crippen molar-refractivity contribution >= 4 is 28.9 Å². The molecule has 4 nitrogen and oxygen atoms in total. The zero-order chi connectivity index (χ0) is 12.4. The van der Waals surface area contributed by atoms with Gasteiger partial charge in [-0.1, -0.05) is 23.7 Å². The second-order valence-electron chi connectivity index (χ2n) is 3.73. The lowest BCUT2D eigenvalue weighted by atomic mass is 10.2. The van der Waals surface area contributed by atoms with E-state index in [4.69, 9.17) is 17.3 Å². The molecule has 0 amide bonds. The van der Waals surface area contributed by atoms with E-state index in [1.54, 1.807) is 6.92 Å². The van der Waals surface area contributed by atoms with Gasteiger partial charge in [0, 0.05) is 5.56 Å². The minimum Gasteiger partial charge on any atom is -0.383 e. The Hall–Kier alpha value is -1.81. The number of aryl methyl sites for hydroxylation is 1. The number of nitrogen functional groups attached to an aromatic ring is 1. The van der Waals surface area contributed by atoms with Crippen LogP contribution in [-0.2, 0) is 0 Å². The number of aromatic nitrogens is 2. The highest BCUT2D eigenvalue weighted by atomic mass is 35.5. The second-order valence-corrected chi connectivity index (χ2v) is 4.14. The van der Waals surface area contributed by atoms with E-state index in [9.17, 15) is 0 Å². The first kappa shape index (κ1) is 11.7. The van der Waals surface area contributed by atoms with Gasteiger partial charge in [0.05, 0.1) is 10.7 Å². The zero-order valence-electron chi connectivity index (χ0n) is 9.66. The molecule has 2 aromatic rings. The summed E-state index contributed by atoms with van der Waals surface area (Å²) in [6.45, 7) is 3.67. The summed E-state index contributed by atoms with van der Waals surface area (Å²) in [6, 6.07) is 7.48. The van der Waals surface area contributed by atoms with Crippen LogP contribution < -0.4 is 11.1 Å². The van der Waals surface area contributed by atoms with E-state index < -0.39 is 0 Å². The number of anilines is 3. The van der Waals surface area contributed by atoms with Crippen LogP contribution in [0.5, 0.6) is 0 Å². The molecule has 0 saturated heterocycles. The Morgan fingerprint density at radius 2 is 1.88 bits per heavy atom. The van der Waals surface area contributed by atoms with E-state index in [0.717, 1.165) is 11.3 Å². The Morgan fingerprint density at radius 3 is 2.59 bits per heavy atom. The monoisotopic (exact) mass is 248 g/mol. The molecule has 0 aliphatic heterocycles. The summed E-state index contributed by atoms with van der Waals surface area (Å²) in [4.78, 5) is 8.40. The summed E-state index contributed by atoms with van der Waals surface area (Å²) in [6.07, 6.45) is 0. The van der Waals surface area contributed by atoms with Gasteiger partial charge in [0.2, 0.25) is 0 Å². The van der Waals surface area contributed by atoms with Crippen LogP contribution in [0.15, 0.2) is 24.3 Å². The molecular weight excluding hydrogens is 236 g/mol. The standard InChI is InChI=1S/C12H13ClN4/c1-7-11(14)15-8(2)16-12(7)17-10-6-4-3-5-9(10)13/h3-6H,1-2H3,(H3,14,15,16,17). The Kier molecular flexibility index (Phi) is 3.15. The molecule has 1 aromatic carbocycles. The summed E-state index contributed by atoms with van der Waals surface area (Å²) in [7, 11) is 0. The maximum absolute atomic E-state index is 6.07. The van der Waals surface area contributed by atoms with Crippen molar-refractivity contribution in [2.45, 2.75) is 13.8 Å². The predicted molar refractivity (Wildman–Crippen MR) is 70.7 cm³/mol. The van der Waals surface area contributed by atoms with Crippen molar-refractivity contribution < 1.29 is 0 Å². The van der Waals surface area contributed by atoms with E-state index in [0.29, 0.717) is 22.5 Å². The SMILES string of the molecule is Cc1nc(N)c(C)c(Nc2ccccc2Cl)n1. The number of hydrogen-bond donors (Lipinski definition) is 2. The molecule has 17 heavy (non-hydrogen) atoms. The highest BCUT2D eigenvalue weighted by Gasteiger charge is 2.08. The lowest BCUT2D eigenvalue weighted by Gasteiger charge is -2.11. The smallest absolute Gasteiger partial charge is 0.139 e. The van der Waals surface area contributed by atoms with E-state index in [-0.39, 0.29) is 0 Å². The number of nitrogens with two attached hydrogens (primary N) is 1. The summed E-state index contributed by atoms with van der Waals surface area (Å²) >= 11 is 6.07. The fraction of sp³-hybridized carbons (Fsp3) is 0.167. The molecule has 88 valence electrons. The number of halogens is 1. The van der Waals surface area contributed by atoms with Crippen molar-refractivity contribution in [3.63, 3.8) is 0 Å². The Balaban J connectivity index is 2.40. The maximum atomic E-state index is 6.07. The molecule has 0 unspecified atom stereocenters. The van der Waals surface area contributed by atoms with E-state index in [1.807, 2.05) is 31.2 Å². The van der Waals surface area contributed by atoms with Crippen LogP contribution in [0.25, 0.3) is 0 Å². The molecule has 0 fully saturated rings. The average molecular weight is 249 g/mol. The molecular formula is C12H13ClN4. The first-order valence-electron chi connectivity index (χ1n) is 5.20. The average Bonchev–Trinajstić information content (AvgIpc) is 2.28. The molecule has 1 aromatic heterocycles. The Bertz CT molecular complexity index is 554. The first-order valence-corrected chi connectivity index (χ1v) is 5.58. The van der Waals surface area contributed by atoms with Crippen molar-refractivity contribution in [2.75, 3.05) is 11.1 Å². The minimum atomic E-state index is 0.479. The Labute approximate surface area is 105 Å². The maximum Gasteiger partial charge on any atom is 0.139 e. The highest BCUT2D eigenvalue weighted by molar-refractivity contribution is 6.33. The summed E-state index contributed by atoms with van der Waals surface area (Å²) in [5, 5.41) is 3.80. The van der Waals surface area contributed by atoms with Crippen molar-refractivity contribution in [3.8, 4) is 0 Å². The van der Waals surface area contributed by atoms with Gasteiger partial charge in [0.15, 0.2) is 0 Å². The van der Waals surface area contributed by atoms with Gasteiger partial charge in [-0.15, -0.1) is 0 Å².